The summed E-state index contributed by atoms with van der Waals surface area (Å²) in [6.45, 7) is 9.45. The number of aryl methyl sites for hydroxylation is 1. The molecule has 1 rings (SSSR count). The van der Waals surface area contributed by atoms with E-state index in [0.29, 0.717) is 6.42 Å². The molecule has 0 bridgehead atoms. The van der Waals surface area contributed by atoms with E-state index >= 15 is 0 Å². The molecule has 0 saturated heterocycles. The first kappa shape index (κ1) is 15.3. The van der Waals surface area contributed by atoms with Gasteiger partial charge in [0.15, 0.2) is 0 Å². The number of hydrogen-bond acceptors (Lipinski definition) is 2. The molecule has 80 valence electrons. The maximum atomic E-state index is 9.81. The highest BCUT2D eigenvalue weighted by atomic mass is 16.1. The van der Waals surface area contributed by atoms with Crippen LogP contribution in [0.25, 0.3) is 0 Å². The van der Waals surface area contributed by atoms with E-state index < -0.39 is 0 Å². The molecular weight excluding hydrogens is 174 g/mol. The summed E-state index contributed by atoms with van der Waals surface area (Å²) in [5, 5.41) is 0. The zero-order valence-corrected chi connectivity index (χ0v) is 9.87. The lowest BCUT2D eigenvalue weighted by Gasteiger charge is -1.82. The minimum atomic E-state index is 0.255. The summed E-state index contributed by atoms with van der Waals surface area (Å²) in [4.78, 5) is 13.7. The van der Waals surface area contributed by atoms with E-state index in [1.807, 2.05) is 46.0 Å². The number of pyridine rings is 1. The predicted octanol–water partition coefficient (Wildman–Crippen LogP) is 3.40. The Morgan fingerprint density at radius 1 is 1.43 bits per heavy atom. The second-order valence-electron chi connectivity index (χ2n) is 2.59. The van der Waals surface area contributed by atoms with E-state index in [1.165, 1.54) is 5.56 Å². The first-order valence-electron chi connectivity index (χ1n) is 5.03. The van der Waals surface area contributed by atoms with Gasteiger partial charge in [0.05, 0.1) is 0 Å². The Kier molecular flexibility index (Phi) is 12.9. The van der Waals surface area contributed by atoms with Crippen molar-refractivity contribution < 1.29 is 4.79 Å². The van der Waals surface area contributed by atoms with Gasteiger partial charge in [-0.25, -0.2) is 0 Å². The Morgan fingerprint density at radius 3 is 2.07 bits per heavy atom. The standard InChI is InChI=1S/C6H7N.C4H8O.C2H6/c1-6-3-2-4-7-5-6;1-3-4(2)5;1-2/h2-5H,1H3;3H2,1-2H3;1-2H3. The molecule has 0 aromatic carbocycles. The molecule has 0 N–H and O–H groups in total. The van der Waals surface area contributed by atoms with Crippen LogP contribution in [-0.2, 0) is 4.79 Å². The summed E-state index contributed by atoms with van der Waals surface area (Å²) in [5.41, 5.74) is 1.21. The van der Waals surface area contributed by atoms with Gasteiger partial charge in [-0.1, -0.05) is 26.8 Å². The Bertz CT molecular complexity index is 219. The second kappa shape index (κ2) is 11.8. The van der Waals surface area contributed by atoms with Crippen molar-refractivity contribution in [2.75, 3.05) is 0 Å². The molecule has 2 nitrogen and oxygen atoms in total. The maximum Gasteiger partial charge on any atom is 0.129 e. The van der Waals surface area contributed by atoms with E-state index in [0.717, 1.165) is 0 Å². The molecule has 1 heterocycles. The van der Waals surface area contributed by atoms with Crippen LogP contribution in [0.3, 0.4) is 0 Å². The van der Waals surface area contributed by atoms with E-state index in [2.05, 4.69) is 4.98 Å². The molecule has 1 aromatic heterocycles. The number of Topliss-reactive ketones (excluding diaryl/α,β-unsaturated/α-hetero) is 1. The average molecular weight is 195 g/mol. The molecule has 0 atom stereocenters. The number of carbonyl (C=O) groups is 1. The minimum absolute atomic E-state index is 0.255. The van der Waals surface area contributed by atoms with Crippen molar-refractivity contribution >= 4 is 5.78 Å². The zero-order valence-electron chi connectivity index (χ0n) is 9.87. The first-order chi connectivity index (χ1) is 6.66. The second-order valence-corrected chi connectivity index (χ2v) is 2.59. The first-order valence-corrected chi connectivity index (χ1v) is 5.03. The summed E-state index contributed by atoms with van der Waals surface area (Å²) >= 11 is 0. The molecule has 0 aliphatic heterocycles. The monoisotopic (exact) mass is 195 g/mol. The third-order valence-electron chi connectivity index (χ3n) is 1.31. The average Bonchev–Trinajstić information content (AvgIpc) is 2.23. The van der Waals surface area contributed by atoms with Gasteiger partial charge in [-0.05, 0) is 25.5 Å². The number of aromatic nitrogens is 1. The van der Waals surface area contributed by atoms with E-state index in [9.17, 15) is 4.79 Å². The molecule has 0 fully saturated rings. The fourth-order valence-corrected chi connectivity index (χ4v) is 0.448. The quantitative estimate of drug-likeness (QED) is 0.687. The van der Waals surface area contributed by atoms with Crippen LogP contribution in [0.5, 0.6) is 0 Å². The Balaban J connectivity index is 0. The minimum Gasteiger partial charge on any atom is -0.300 e. The topological polar surface area (TPSA) is 30.0 Å². The number of carbonyl (C=O) groups excluding carboxylic acids is 1. The van der Waals surface area contributed by atoms with Crippen molar-refractivity contribution in [3.63, 3.8) is 0 Å². The summed E-state index contributed by atoms with van der Waals surface area (Å²) in [6, 6.07) is 3.95. The summed E-state index contributed by atoms with van der Waals surface area (Å²) in [6.07, 6.45) is 4.27. The molecule has 0 aliphatic carbocycles. The lowest BCUT2D eigenvalue weighted by molar-refractivity contribution is -0.116. The van der Waals surface area contributed by atoms with Crippen LogP contribution in [0.2, 0.25) is 0 Å². The van der Waals surface area contributed by atoms with Crippen LogP contribution in [0, 0.1) is 6.92 Å². The summed E-state index contributed by atoms with van der Waals surface area (Å²) in [5.74, 6) is 0.255. The van der Waals surface area contributed by atoms with Crippen LogP contribution in [0.4, 0.5) is 0 Å². The van der Waals surface area contributed by atoms with Gasteiger partial charge in [-0.2, -0.15) is 0 Å². The summed E-state index contributed by atoms with van der Waals surface area (Å²) < 4.78 is 0. The van der Waals surface area contributed by atoms with Crippen LogP contribution in [0.1, 0.15) is 39.7 Å². The van der Waals surface area contributed by atoms with Crippen molar-refractivity contribution in [3.05, 3.63) is 30.1 Å². The molecule has 0 aliphatic rings. The van der Waals surface area contributed by atoms with Gasteiger partial charge >= 0.3 is 0 Å². The smallest absolute Gasteiger partial charge is 0.129 e. The van der Waals surface area contributed by atoms with Gasteiger partial charge in [-0.15, -0.1) is 0 Å². The lowest BCUT2D eigenvalue weighted by atomic mass is 10.3. The molecule has 0 radical (unpaired) electrons. The molecule has 0 amide bonds. The Hall–Kier alpha value is -1.18. The van der Waals surface area contributed by atoms with Crippen LogP contribution in [0.15, 0.2) is 24.5 Å². The largest absolute Gasteiger partial charge is 0.300 e. The third-order valence-corrected chi connectivity index (χ3v) is 1.31. The van der Waals surface area contributed by atoms with Crippen molar-refractivity contribution in [2.45, 2.75) is 41.0 Å². The van der Waals surface area contributed by atoms with Crippen molar-refractivity contribution in [2.24, 2.45) is 0 Å². The van der Waals surface area contributed by atoms with Crippen molar-refractivity contribution in [1.82, 2.24) is 4.98 Å². The SMILES string of the molecule is CC.CCC(C)=O.Cc1cccnc1. The zero-order chi connectivity index (χ0) is 11.4. The van der Waals surface area contributed by atoms with Crippen molar-refractivity contribution in [3.8, 4) is 0 Å². The number of nitrogens with zero attached hydrogens (tertiary/aromatic N) is 1. The highest BCUT2D eigenvalue weighted by molar-refractivity contribution is 5.74. The predicted molar refractivity (Wildman–Crippen MR) is 61.3 cm³/mol. The fraction of sp³-hybridized carbons (Fsp3) is 0.500. The third kappa shape index (κ3) is 13.4. The molecule has 14 heavy (non-hydrogen) atoms. The molecule has 2 heteroatoms. The van der Waals surface area contributed by atoms with Gasteiger partial charge in [0.2, 0.25) is 0 Å². The maximum absolute atomic E-state index is 9.81. The Labute approximate surface area is 87.4 Å². The molecule has 0 spiro atoms. The van der Waals surface area contributed by atoms with Crippen LogP contribution in [-0.4, -0.2) is 10.8 Å². The molecule has 1 aromatic rings. The van der Waals surface area contributed by atoms with E-state index in [4.69, 9.17) is 0 Å². The molecular formula is C12H21NO. The summed E-state index contributed by atoms with van der Waals surface area (Å²) in [7, 11) is 0. The highest BCUT2D eigenvalue weighted by Gasteiger charge is 1.77. The number of hydrogen-bond donors (Lipinski definition) is 0. The molecule has 0 unspecified atom stereocenters. The number of rotatable bonds is 1. The highest BCUT2D eigenvalue weighted by Crippen LogP contribution is 1.88. The Morgan fingerprint density at radius 2 is 1.93 bits per heavy atom. The normalized spacial score (nSPS) is 7.50. The van der Waals surface area contributed by atoms with Gasteiger partial charge in [-0.3, -0.25) is 4.98 Å². The number of ketones is 1. The van der Waals surface area contributed by atoms with Crippen LogP contribution < -0.4 is 0 Å². The van der Waals surface area contributed by atoms with E-state index in [1.54, 1.807) is 13.1 Å². The lowest BCUT2D eigenvalue weighted by Crippen LogP contribution is -1.80. The van der Waals surface area contributed by atoms with Gasteiger partial charge < -0.3 is 4.79 Å². The van der Waals surface area contributed by atoms with Gasteiger partial charge in [0.25, 0.3) is 0 Å². The van der Waals surface area contributed by atoms with Crippen LogP contribution >= 0.6 is 0 Å². The van der Waals surface area contributed by atoms with Gasteiger partial charge in [0, 0.05) is 18.8 Å². The van der Waals surface area contributed by atoms with Crippen molar-refractivity contribution in [1.29, 1.82) is 0 Å². The van der Waals surface area contributed by atoms with Gasteiger partial charge in [0.1, 0.15) is 5.78 Å². The van der Waals surface area contributed by atoms with E-state index in [-0.39, 0.29) is 5.78 Å². The molecule has 0 saturated carbocycles. The fourth-order valence-electron chi connectivity index (χ4n) is 0.448.